The number of aliphatic imine (C=N–C) groups is 1. The molecule has 0 saturated carbocycles. The summed E-state index contributed by atoms with van der Waals surface area (Å²) in [6, 6.07) is 20.6. The molecule has 1 unspecified atom stereocenters. The Bertz CT molecular complexity index is 1420. The molecule has 208 valence electrons. The van der Waals surface area contributed by atoms with Crippen LogP contribution in [0, 0.1) is 0 Å². The molecule has 1 aliphatic heterocycles. The van der Waals surface area contributed by atoms with Gasteiger partial charge < -0.3 is 20.2 Å². The molecule has 4 rings (SSSR count). The molecule has 8 nitrogen and oxygen atoms in total. The third-order valence-corrected chi connectivity index (χ3v) is 7.35. The van der Waals surface area contributed by atoms with Crippen molar-refractivity contribution in [3.63, 3.8) is 0 Å². The van der Waals surface area contributed by atoms with Gasteiger partial charge in [-0.05, 0) is 86.6 Å². The Balaban J connectivity index is 1.64. The first-order valence-electron chi connectivity index (χ1n) is 13.1. The summed E-state index contributed by atoms with van der Waals surface area (Å²) in [5.41, 5.74) is 5.25. The second-order valence-corrected chi connectivity index (χ2v) is 11.0. The molecule has 0 bridgehead atoms. The monoisotopic (exact) mass is 604 g/mol. The highest BCUT2D eigenvalue weighted by Gasteiger charge is 2.35. The summed E-state index contributed by atoms with van der Waals surface area (Å²) in [7, 11) is 5.75. The summed E-state index contributed by atoms with van der Waals surface area (Å²) < 4.78 is 0.865. The lowest BCUT2D eigenvalue weighted by Crippen LogP contribution is -2.27. The van der Waals surface area contributed by atoms with E-state index in [-0.39, 0.29) is 18.2 Å². The molecule has 1 atom stereocenters. The molecule has 9 heteroatoms. The molecule has 3 aromatic carbocycles. The minimum atomic E-state index is -0.846. The predicted molar refractivity (Wildman–Crippen MR) is 162 cm³/mol. The molecule has 0 saturated heterocycles. The van der Waals surface area contributed by atoms with Crippen LogP contribution >= 0.6 is 15.9 Å². The van der Waals surface area contributed by atoms with Crippen molar-refractivity contribution in [2.24, 2.45) is 4.99 Å². The molecule has 2 N–H and O–H groups in total. The number of rotatable bonds is 11. The largest absolute Gasteiger partial charge is 0.481 e. The lowest BCUT2D eigenvalue weighted by atomic mass is 9.90. The highest BCUT2D eigenvalue weighted by molar-refractivity contribution is 9.10. The summed E-state index contributed by atoms with van der Waals surface area (Å²) in [5, 5.41) is 12.0. The van der Waals surface area contributed by atoms with Crippen LogP contribution in [0.2, 0.25) is 0 Å². The van der Waals surface area contributed by atoms with E-state index < -0.39 is 11.9 Å². The van der Waals surface area contributed by atoms with Gasteiger partial charge in [-0.15, -0.1) is 0 Å². The normalized spacial score (nSPS) is 14.7. The van der Waals surface area contributed by atoms with Crippen molar-refractivity contribution >= 4 is 56.5 Å². The third kappa shape index (κ3) is 7.22. The average molecular weight is 606 g/mol. The lowest BCUT2D eigenvalue weighted by Gasteiger charge is -2.18. The van der Waals surface area contributed by atoms with Crippen LogP contribution < -0.4 is 10.2 Å². The van der Waals surface area contributed by atoms with E-state index in [2.05, 4.69) is 26.1 Å². The minimum Gasteiger partial charge on any atom is -0.481 e. The number of nitrogens with one attached hydrogen (secondary N) is 1. The number of fused-ring (bicyclic) bond motifs is 1. The summed E-state index contributed by atoms with van der Waals surface area (Å²) >= 11 is 3.47. The summed E-state index contributed by atoms with van der Waals surface area (Å²) in [6.07, 6.45) is 1.73. The zero-order chi connectivity index (χ0) is 28.8. The van der Waals surface area contributed by atoms with Crippen molar-refractivity contribution < 1.29 is 19.5 Å². The number of halogens is 1. The first kappa shape index (κ1) is 29.2. The number of aryl methyl sites for hydroxylation is 1. The van der Waals surface area contributed by atoms with Crippen LogP contribution in [0.25, 0.3) is 0 Å². The van der Waals surface area contributed by atoms with Crippen molar-refractivity contribution in [3.8, 4) is 0 Å². The molecule has 40 heavy (non-hydrogen) atoms. The molecule has 0 spiro atoms. The zero-order valence-corrected chi connectivity index (χ0v) is 24.4. The fraction of sp³-hybridized carbons (Fsp3) is 0.290. The number of hydrogen-bond donors (Lipinski definition) is 2. The smallest absolute Gasteiger partial charge is 0.303 e. The van der Waals surface area contributed by atoms with Crippen molar-refractivity contribution in [3.05, 3.63) is 87.9 Å². The fourth-order valence-corrected chi connectivity index (χ4v) is 5.00. The Morgan fingerprint density at radius 2 is 1.68 bits per heavy atom. The Morgan fingerprint density at radius 3 is 2.33 bits per heavy atom. The molecule has 0 fully saturated rings. The number of carboxylic acids is 1. The number of aliphatic carboxylic acids is 1. The third-order valence-electron chi connectivity index (χ3n) is 6.85. The number of carbonyl (C=O) groups excluding carboxylic acids is 2. The van der Waals surface area contributed by atoms with E-state index in [1.807, 2.05) is 80.8 Å². The average Bonchev–Trinajstić information content (AvgIpc) is 3.25. The van der Waals surface area contributed by atoms with Crippen LogP contribution in [-0.2, 0) is 20.8 Å². The van der Waals surface area contributed by atoms with Gasteiger partial charge in [0.2, 0.25) is 11.8 Å². The van der Waals surface area contributed by atoms with Crippen molar-refractivity contribution in [2.45, 2.75) is 31.6 Å². The van der Waals surface area contributed by atoms with Crippen molar-refractivity contribution in [1.82, 2.24) is 4.90 Å². The molecule has 1 aliphatic rings. The number of carbonyl (C=O) groups is 3. The van der Waals surface area contributed by atoms with Crippen LogP contribution in [-0.4, -0.2) is 61.2 Å². The van der Waals surface area contributed by atoms with E-state index in [1.165, 1.54) is 0 Å². The van der Waals surface area contributed by atoms with Gasteiger partial charge in [0, 0.05) is 35.7 Å². The molecule has 0 aliphatic carbocycles. The van der Waals surface area contributed by atoms with Crippen LogP contribution in [0.15, 0.2) is 76.2 Å². The number of nitrogens with zero attached hydrogens (tertiary/aromatic N) is 3. The van der Waals surface area contributed by atoms with E-state index in [4.69, 9.17) is 10.1 Å². The van der Waals surface area contributed by atoms with Gasteiger partial charge in [-0.2, -0.15) is 0 Å². The standard InChI is InChI=1S/C31H33BrN4O4/c1-35(2)18-4-5-27(37)36(3)24-14-12-23(13-15-24)33-30(21-9-6-20(7-10-21)8-17-28(38)39)29-25-16-11-22(32)19-26(25)34-31(29)40/h6-7,9-16,19,29H,4-5,8,17-18H2,1-3H3,(H,34,40)(H,38,39). The Labute approximate surface area is 242 Å². The molecule has 3 aromatic rings. The Morgan fingerprint density at radius 1 is 0.975 bits per heavy atom. The Kier molecular flexibility index (Phi) is 9.50. The lowest BCUT2D eigenvalue weighted by molar-refractivity contribution is -0.137. The van der Waals surface area contributed by atoms with Crippen LogP contribution in [0.5, 0.6) is 0 Å². The minimum absolute atomic E-state index is 0.0481. The molecular formula is C31H33BrN4O4. The first-order valence-corrected chi connectivity index (χ1v) is 13.9. The van der Waals surface area contributed by atoms with Gasteiger partial charge in [-0.1, -0.05) is 46.3 Å². The molecule has 0 aromatic heterocycles. The number of amides is 2. The van der Waals surface area contributed by atoms with Gasteiger partial charge in [0.15, 0.2) is 0 Å². The van der Waals surface area contributed by atoms with E-state index in [9.17, 15) is 14.4 Å². The van der Waals surface area contributed by atoms with Gasteiger partial charge in [0.05, 0.1) is 11.4 Å². The molecule has 2 amide bonds. The highest BCUT2D eigenvalue weighted by atomic mass is 79.9. The van der Waals surface area contributed by atoms with Crippen molar-refractivity contribution in [2.75, 3.05) is 37.9 Å². The zero-order valence-electron chi connectivity index (χ0n) is 22.9. The topological polar surface area (TPSA) is 102 Å². The maximum Gasteiger partial charge on any atom is 0.303 e. The second kappa shape index (κ2) is 13.0. The van der Waals surface area contributed by atoms with E-state index >= 15 is 0 Å². The maximum atomic E-state index is 13.2. The molecule has 1 heterocycles. The summed E-state index contributed by atoms with van der Waals surface area (Å²) in [4.78, 5) is 45.5. The van der Waals surface area contributed by atoms with Gasteiger partial charge >= 0.3 is 5.97 Å². The van der Waals surface area contributed by atoms with E-state index in [0.717, 1.165) is 45.5 Å². The summed E-state index contributed by atoms with van der Waals surface area (Å²) in [5.74, 6) is -1.58. The number of anilines is 2. The summed E-state index contributed by atoms with van der Waals surface area (Å²) in [6.45, 7) is 0.853. The molecular weight excluding hydrogens is 572 g/mol. The predicted octanol–water partition coefficient (Wildman–Crippen LogP) is 5.63. The van der Waals surface area contributed by atoms with Crippen LogP contribution in [0.3, 0.4) is 0 Å². The first-order chi connectivity index (χ1) is 19.1. The quantitative estimate of drug-likeness (QED) is 0.276. The van der Waals surface area contributed by atoms with Gasteiger partial charge in [-0.3, -0.25) is 19.4 Å². The van der Waals surface area contributed by atoms with Crippen LogP contribution in [0.1, 0.15) is 41.9 Å². The number of hydrogen-bond acceptors (Lipinski definition) is 5. The van der Waals surface area contributed by atoms with Gasteiger partial charge in [0.1, 0.15) is 5.92 Å². The Hall–Kier alpha value is -3.82. The van der Waals surface area contributed by atoms with E-state index in [1.54, 1.807) is 11.9 Å². The second-order valence-electron chi connectivity index (χ2n) is 10.1. The van der Waals surface area contributed by atoms with Gasteiger partial charge in [-0.25, -0.2) is 0 Å². The maximum absolute atomic E-state index is 13.2. The fourth-order valence-electron chi connectivity index (χ4n) is 4.64. The number of carboxylic acid groups (broad SMARTS) is 1. The number of benzene rings is 3. The SMILES string of the molecule is CN(C)CCCC(=O)N(C)c1ccc(N=C(c2ccc(CCC(=O)O)cc2)C2C(=O)Nc3cc(Br)ccc32)cc1. The van der Waals surface area contributed by atoms with Crippen molar-refractivity contribution in [1.29, 1.82) is 0 Å². The van der Waals surface area contributed by atoms with E-state index in [0.29, 0.717) is 24.2 Å². The molecule has 0 radical (unpaired) electrons. The highest BCUT2D eigenvalue weighted by Crippen LogP contribution is 2.38. The van der Waals surface area contributed by atoms with Crippen LogP contribution in [0.4, 0.5) is 17.1 Å². The van der Waals surface area contributed by atoms with Gasteiger partial charge in [0.25, 0.3) is 0 Å².